The van der Waals surface area contributed by atoms with Gasteiger partial charge >= 0.3 is 0 Å². The van der Waals surface area contributed by atoms with E-state index in [1.54, 1.807) is 0 Å². The Morgan fingerprint density at radius 2 is 2.06 bits per heavy atom. The zero-order valence-corrected chi connectivity index (χ0v) is 9.48. The predicted molar refractivity (Wildman–Crippen MR) is 68.1 cm³/mol. The molecular formula is C14H16N2. The predicted octanol–water partition coefficient (Wildman–Crippen LogP) is 3.20. The summed E-state index contributed by atoms with van der Waals surface area (Å²) >= 11 is 0. The van der Waals surface area contributed by atoms with Crippen molar-refractivity contribution in [3.05, 3.63) is 54.2 Å². The molecule has 0 spiro atoms. The fourth-order valence-electron chi connectivity index (χ4n) is 1.77. The van der Waals surface area contributed by atoms with E-state index < -0.39 is 0 Å². The number of pyridine rings is 1. The highest BCUT2D eigenvalue weighted by Crippen LogP contribution is 2.19. The largest absolute Gasteiger partial charge is 0.322 e. The van der Waals surface area contributed by atoms with Crippen molar-refractivity contribution in [3.8, 4) is 0 Å². The first-order chi connectivity index (χ1) is 7.66. The monoisotopic (exact) mass is 212 g/mol. The number of para-hydroxylation sites is 1. The second-order valence-corrected chi connectivity index (χ2v) is 4.20. The third-order valence-corrected chi connectivity index (χ3v) is 2.57. The van der Waals surface area contributed by atoms with E-state index in [1.807, 2.05) is 31.2 Å². The van der Waals surface area contributed by atoms with Crippen LogP contribution in [0.5, 0.6) is 0 Å². The van der Waals surface area contributed by atoms with Gasteiger partial charge in [0.25, 0.3) is 0 Å². The number of benzene rings is 1. The topological polar surface area (TPSA) is 38.9 Å². The lowest BCUT2D eigenvalue weighted by Crippen LogP contribution is -2.12. The van der Waals surface area contributed by atoms with Crippen molar-refractivity contribution in [2.75, 3.05) is 0 Å². The molecule has 16 heavy (non-hydrogen) atoms. The Balaban J connectivity index is 2.35. The Hall–Kier alpha value is -1.67. The minimum Gasteiger partial charge on any atom is -0.322 e. The van der Waals surface area contributed by atoms with Gasteiger partial charge in [-0.1, -0.05) is 29.8 Å². The van der Waals surface area contributed by atoms with Crippen LogP contribution in [-0.4, -0.2) is 4.98 Å². The van der Waals surface area contributed by atoms with Gasteiger partial charge in [0, 0.05) is 5.39 Å². The molecule has 0 saturated carbocycles. The number of rotatable bonds is 3. The van der Waals surface area contributed by atoms with Crippen molar-refractivity contribution in [3.63, 3.8) is 0 Å². The third kappa shape index (κ3) is 2.28. The Morgan fingerprint density at radius 3 is 2.81 bits per heavy atom. The standard InChI is InChI=1S/C14H16N2/c1-10(2)9-12(15)14-8-7-11-5-3-4-6-13(11)16-14/h3-8,12H,1,9,15H2,2H3/t12-/m1/s1. The molecule has 1 aromatic heterocycles. The van der Waals surface area contributed by atoms with Gasteiger partial charge in [-0.25, -0.2) is 0 Å². The first-order valence-corrected chi connectivity index (χ1v) is 5.42. The number of nitrogens with two attached hydrogens (primary N) is 1. The van der Waals surface area contributed by atoms with E-state index in [0.717, 1.165) is 28.6 Å². The minimum atomic E-state index is -0.0536. The molecule has 0 radical (unpaired) electrons. The number of nitrogens with zero attached hydrogens (tertiary/aromatic N) is 1. The van der Waals surface area contributed by atoms with Crippen molar-refractivity contribution < 1.29 is 0 Å². The van der Waals surface area contributed by atoms with Crippen LogP contribution < -0.4 is 5.73 Å². The molecule has 2 aromatic rings. The molecule has 2 heteroatoms. The van der Waals surface area contributed by atoms with Gasteiger partial charge < -0.3 is 5.73 Å². The second-order valence-electron chi connectivity index (χ2n) is 4.20. The molecule has 2 nitrogen and oxygen atoms in total. The van der Waals surface area contributed by atoms with Crippen LogP contribution in [0.2, 0.25) is 0 Å². The fourth-order valence-corrected chi connectivity index (χ4v) is 1.77. The average molecular weight is 212 g/mol. The lowest BCUT2D eigenvalue weighted by atomic mass is 10.1. The summed E-state index contributed by atoms with van der Waals surface area (Å²) in [7, 11) is 0. The SMILES string of the molecule is C=C(C)C[C@@H](N)c1ccc2ccccc2n1. The molecule has 0 aliphatic carbocycles. The zero-order chi connectivity index (χ0) is 11.5. The van der Waals surface area contributed by atoms with Crippen LogP contribution in [0.25, 0.3) is 10.9 Å². The Morgan fingerprint density at radius 1 is 1.31 bits per heavy atom. The van der Waals surface area contributed by atoms with Gasteiger partial charge in [0.2, 0.25) is 0 Å². The van der Waals surface area contributed by atoms with Crippen LogP contribution in [0, 0.1) is 0 Å². The van der Waals surface area contributed by atoms with E-state index in [1.165, 1.54) is 0 Å². The number of hydrogen-bond donors (Lipinski definition) is 1. The van der Waals surface area contributed by atoms with Crippen molar-refractivity contribution in [1.82, 2.24) is 4.98 Å². The van der Waals surface area contributed by atoms with E-state index >= 15 is 0 Å². The Labute approximate surface area is 95.8 Å². The highest BCUT2D eigenvalue weighted by atomic mass is 14.8. The van der Waals surface area contributed by atoms with Crippen LogP contribution in [0.15, 0.2) is 48.6 Å². The van der Waals surface area contributed by atoms with Crippen LogP contribution in [-0.2, 0) is 0 Å². The van der Waals surface area contributed by atoms with E-state index in [9.17, 15) is 0 Å². The first kappa shape index (κ1) is 10.8. The second kappa shape index (κ2) is 4.45. The molecule has 0 aliphatic rings. The molecule has 2 rings (SSSR count). The Kier molecular flexibility index (Phi) is 3.02. The van der Waals surface area contributed by atoms with Crippen LogP contribution in [0.3, 0.4) is 0 Å². The molecule has 1 atom stereocenters. The van der Waals surface area contributed by atoms with Crippen molar-refractivity contribution >= 4 is 10.9 Å². The molecule has 0 amide bonds. The van der Waals surface area contributed by atoms with E-state index in [0.29, 0.717) is 0 Å². The molecule has 82 valence electrons. The lowest BCUT2D eigenvalue weighted by Gasteiger charge is -2.11. The van der Waals surface area contributed by atoms with E-state index in [2.05, 4.69) is 23.7 Å². The fraction of sp³-hybridized carbons (Fsp3) is 0.214. The van der Waals surface area contributed by atoms with Crippen LogP contribution in [0.1, 0.15) is 25.1 Å². The molecule has 0 unspecified atom stereocenters. The number of hydrogen-bond acceptors (Lipinski definition) is 2. The highest BCUT2D eigenvalue weighted by Gasteiger charge is 2.07. The molecule has 1 heterocycles. The quantitative estimate of drug-likeness (QED) is 0.793. The summed E-state index contributed by atoms with van der Waals surface area (Å²) in [6.45, 7) is 5.86. The lowest BCUT2D eigenvalue weighted by molar-refractivity contribution is 0.696. The normalized spacial score (nSPS) is 12.6. The number of aromatic nitrogens is 1. The maximum absolute atomic E-state index is 6.06. The molecule has 0 bridgehead atoms. The zero-order valence-electron chi connectivity index (χ0n) is 9.48. The molecule has 2 N–H and O–H groups in total. The van der Waals surface area contributed by atoms with Crippen LogP contribution in [0.4, 0.5) is 0 Å². The van der Waals surface area contributed by atoms with Gasteiger partial charge in [-0.15, -0.1) is 6.58 Å². The summed E-state index contributed by atoms with van der Waals surface area (Å²) in [6.07, 6.45) is 0.783. The van der Waals surface area contributed by atoms with Gasteiger partial charge in [-0.2, -0.15) is 0 Å². The van der Waals surface area contributed by atoms with E-state index in [4.69, 9.17) is 5.73 Å². The van der Waals surface area contributed by atoms with Gasteiger partial charge in [0.05, 0.1) is 17.3 Å². The van der Waals surface area contributed by atoms with Crippen molar-refractivity contribution in [1.29, 1.82) is 0 Å². The summed E-state index contributed by atoms with van der Waals surface area (Å²) in [5.74, 6) is 0. The van der Waals surface area contributed by atoms with Gasteiger partial charge in [0.15, 0.2) is 0 Å². The molecule has 0 saturated heterocycles. The molecule has 1 aromatic carbocycles. The van der Waals surface area contributed by atoms with Gasteiger partial charge in [0.1, 0.15) is 0 Å². The summed E-state index contributed by atoms with van der Waals surface area (Å²) in [5, 5.41) is 1.15. The van der Waals surface area contributed by atoms with Crippen LogP contribution >= 0.6 is 0 Å². The summed E-state index contributed by atoms with van der Waals surface area (Å²) < 4.78 is 0. The average Bonchev–Trinajstić information content (AvgIpc) is 2.27. The van der Waals surface area contributed by atoms with Gasteiger partial charge in [-0.3, -0.25) is 4.98 Å². The van der Waals surface area contributed by atoms with E-state index in [-0.39, 0.29) is 6.04 Å². The summed E-state index contributed by atoms with van der Waals surface area (Å²) in [5.41, 5.74) is 9.08. The molecular weight excluding hydrogens is 196 g/mol. The van der Waals surface area contributed by atoms with Crippen molar-refractivity contribution in [2.24, 2.45) is 5.73 Å². The highest BCUT2D eigenvalue weighted by molar-refractivity contribution is 5.78. The van der Waals surface area contributed by atoms with Crippen molar-refractivity contribution in [2.45, 2.75) is 19.4 Å². The Bertz CT molecular complexity index is 517. The molecule has 0 fully saturated rings. The first-order valence-electron chi connectivity index (χ1n) is 5.42. The smallest absolute Gasteiger partial charge is 0.0706 e. The summed E-state index contributed by atoms with van der Waals surface area (Å²) in [6, 6.07) is 12.1. The van der Waals surface area contributed by atoms with Gasteiger partial charge in [-0.05, 0) is 25.5 Å². The number of fused-ring (bicyclic) bond motifs is 1. The maximum atomic E-state index is 6.06. The summed E-state index contributed by atoms with van der Waals surface area (Å²) in [4.78, 5) is 4.56. The minimum absolute atomic E-state index is 0.0536. The molecule has 0 aliphatic heterocycles. The third-order valence-electron chi connectivity index (χ3n) is 2.57. The maximum Gasteiger partial charge on any atom is 0.0706 e.